The lowest BCUT2D eigenvalue weighted by Gasteiger charge is -2.25. The van der Waals surface area contributed by atoms with Gasteiger partial charge in [-0.1, -0.05) is 30.4 Å². The van der Waals surface area contributed by atoms with E-state index in [9.17, 15) is 14.5 Å². The van der Waals surface area contributed by atoms with Crippen LogP contribution in [0.5, 0.6) is 0 Å². The number of rotatable bonds is 4. The van der Waals surface area contributed by atoms with Crippen LogP contribution >= 0.6 is 12.2 Å². The fourth-order valence-corrected chi connectivity index (χ4v) is 2.49. The van der Waals surface area contributed by atoms with Crippen molar-refractivity contribution in [1.82, 2.24) is 0 Å². The van der Waals surface area contributed by atoms with Crippen molar-refractivity contribution in [2.45, 2.75) is 12.8 Å². The van der Waals surface area contributed by atoms with Crippen LogP contribution in [0, 0.1) is 10.8 Å². The Bertz CT molecular complexity index is 628. The minimum absolute atomic E-state index is 0.0149. The van der Waals surface area contributed by atoms with Gasteiger partial charge in [-0.25, -0.2) is 10.9 Å². The van der Waals surface area contributed by atoms with E-state index >= 15 is 0 Å². The second-order valence-corrected chi connectivity index (χ2v) is 4.88. The number of para-hydroxylation sites is 1. The van der Waals surface area contributed by atoms with Gasteiger partial charge in [0, 0.05) is 18.2 Å². The van der Waals surface area contributed by atoms with Gasteiger partial charge in [0.25, 0.3) is 0 Å². The van der Waals surface area contributed by atoms with Crippen LogP contribution in [0.3, 0.4) is 0 Å². The summed E-state index contributed by atoms with van der Waals surface area (Å²) in [5, 5.41) is 4.94. The largest absolute Gasteiger partial charge is 0.294 e. The second kappa shape index (κ2) is 6.47. The van der Waals surface area contributed by atoms with E-state index in [1.165, 1.54) is 0 Å². The van der Waals surface area contributed by atoms with E-state index in [2.05, 4.69) is 5.18 Å². The van der Waals surface area contributed by atoms with Crippen molar-refractivity contribution >= 4 is 35.0 Å². The monoisotopic (exact) mass is 303 g/mol. The zero-order valence-corrected chi connectivity index (χ0v) is 11.9. The first-order chi connectivity index (χ1) is 10.1. The van der Waals surface area contributed by atoms with Gasteiger partial charge in [-0.05, 0) is 17.3 Å². The quantitative estimate of drug-likeness (QED) is 0.301. The first-order valence-electron chi connectivity index (χ1n) is 6.27. The average Bonchev–Trinajstić information content (AvgIpc) is 2.53. The van der Waals surface area contributed by atoms with E-state index in [0.717, 1.165) is 10.4 Å². The van der Waals surface area contributed by atoms with E-state index in [4.69, 9.17) is 18.1 Å². The van der Waals surface area contributed by atoms with E-state index in [-0.39, 0.29) is 29.9 Å². The zero-order valence-electron chi connectivity index (χ0n) is 11.1. The highest BCUT2D eigenvalue weighted by atomic mass is 32.1. The molecule has 1 atom stereocenters. The fourth-order valence-electron chi connectivity index (χ4n) is 2.22. The molecular weight excluding hydrogens is 290 g/mol. The topological polar surface area (TPSA) is 92.8 Å². The Kier molecular flexibility index (Phi) is 4.66. The predicted octanol–water partition coefficient (Wildman–Crippen LogP) is 1.89. The molecule has 1 aromatic rings. The lowest BCUT2D eigenvalue weighted by Crippen LogP contribution is -2.43. The van der Waals surface area contributed by atoms with Crippen molar-refractivity contribution in [2.75, 3.05) is 5.01 Å². The molecule has 0 fully saturated rings. The highest BCUT2D eigenvalue weighted by molar-refractivity contribution is 7.79. The number of nitroso groups, excluding NO2 is 1. The number of hydrogen-bond acceptors (Lipinski definition) is 6. The molecule has 1 amide bonds. The molecule has 1 aliphatic carbocycles. The van der Waals surface area contributed by atoms with E-state index in [1.54, 1.807) is 30.3 Å². The molecule has 2 N–H and O–H groups in total. The molecule has 7 heteroatoms. The van der Waals surface area contributed by atoms with Gasteiger partial charge in [0.05, 0.1) is 22.9 Å². The highest BCUT2D eigenvalue weighted by Crippen LogP contribution is 2.29. The van der Waals surface area contributed by atoms with Gasteiger partial charge < -0.3 is 0 Å². The Morgan fingerprint density at radius 2 is 2.00 bits per heavy atom. The van der Waals surface area contributed by atoms with Crippen molar-refractivity contribution in [3.8, 4) is 0 Å². The van der Waals surface area contributed by atoms with Crippen LogP contribution in [0.15, 0.2) is 46.8 Å². The number of anilines is 1. The molecule has 1 unspecified atom stereocenters. The highest BCUT2D eigenvalue weighted by Gasteiger charge is 2.33. The van der Waals surface area contributed by atoms with Crippen LogP contribution in [0.4, 0.5) is 5.69 Å². The Balaban J connectivity index is 2.22. The molecular formula is C14H13N3O3S. The third-order valence-corrected chi connectivity index (χ3v) is 3.57. The van der Waals surface area contributed by atoms with Crippen molar-refractivity contribution in [1.29, 1.82) is 0 Å². The van der Waals surface area contributed by atoms with Crippen LogP contribution in [0.1, 0.15) is 12.8 Å². The molecule has 2 rings (SSSR count). The first kappa shape index (κ1) is 15.1. The minimum atomic E-state index is -0.700. The number of ketones is 1. The number of carbonyl (C=O) groups is 2. The number of hydrogen-bond donors (Lipinski definition) is 1. The van der Waals surface area contributed by atoms with Crippen LogP contribution in [0.25, 0.3) is 0 Å². The maximum Gasteiger partial charge on any atom is 0.245 e. The number of nitrogens with zero attached hydrogens (tertiary/aromatic N) is 2. The number of nitrogens with two attached hydrogens (primary N) is 1. The third-order valence-electron chi connectivity index (χ3n) is 3.33. The lowest BCUT2D eigenvalue weighted by molar-refractivity contribution is -0.126. The summed E-state index contributed by atoms with van der Waals surface area (Å²) >= 11 is 4.70. The predicted molar refractivity (Wildman–Crippen MR) is 82.3 cm³/mol. The van der Waals surface area contributed by atoms with Gasteiger partial charge >= 0.3 is 0 Å². The van der Waals surface area contributed by atoms with Crippen LogP contribution in [-0.2, 0) is 9.59 Å². The standard InChI is InChI=1S/C14H13N3O3S/c15-17(10-4-2-1-3-5-10)14(19)9-6-12(16-20)11(8-21)13(18)7-9/h1-5,8-9H,6-7,15H2. The summed E-state index contributed by atoms with van der Waals surface area (Å²) in [6.45, 7) is 0. The van der Waals surface area contributed by atoms with Crippen molar-refractivity contribution < 1.29 is 9.59 Å². The van der Waals surface area contributed by atoms with Gasteiger partial charge in [0.1, 0.15) is 0 Å². The van der Waals surface area contributed by atoms with Crippen LogP contribution in [0.2, 0.25) is 0 Å². The molecule has 0 saturated carbocycles. The molecule has 0 aliphatic heterocycles. The van der Waals surface area contributed by atoms with Crippen molar-refractivity contribution in [3.05, 3.63) is 46.5 Å². The molecule has 0 aromatic heterocycles. The van der Waals surface area contributed by atoms with E-state index in [0.29, 0.717) is 5.69 Å². The van der Waals surface area contributed by atoms with Crippen LogP contribution in [-0.4, -0.2) is 17.1 Å². The number of Topliss-reactive ketones (excluding diaryl/α,β-unsaturated/α-hetero) is 1. The van der Waals surface area contributed by atoms with Gasteiger partial charge in [0.2, 0.25) is 5.91 Å². The summed E-state index contributed by atoms with van der Waals surface area (Å²) < 4.78 is 0. The maximum absolute atomic E-state index is 12.3. The number of amides is 1. The number of thiocarbonyl (C=S) groups is 1. The number of hydrazine groups is 1. The smallest absolute Gasteiger partial charge is 0.245 e. The van der Waals surface area contributed by atoms with Gasteiger partial charge in [-0.2, -0.15) is 0 Å². The Morgan fingerprint density at radius 1 is 1.33 bits per heavy atom. The van der Waals surface area contributed by atoms with Gasteiger partial charge in [-0.3, -0.25) is 9.59 Å². The molecule has 6 nitrogen and oxygen atoms in total. The SMILES string of the molecule is NN(C(=O)C1CC(=O)C(C=S)=C(N=O)C1)c1ccccc1. The summed E-state index contributed by atoms with van der Waals surface area (Å²) in [4.78, 5) is 35.0. The van der Waals surface area contributed by atoms with Crippen molar-refractivity contribution in [2.24, 2.45) is 16.9 Å². The molecule has 1 aliphatic rings. The number of allylic oxidation sites excluding steroid dienone is 2. The van der Waals surface area contributed by atoms with Gasteiger partial charge in [-0.15, -0.1) is 4.91 Å². The Labute approximate surface area is 126 Å². The molecule has 0 heterocycles. The summed E-state index contributed by atoms with van der Waals surface area (Å²) in [5.74, 6) is 4.30. The van der Waals surface area contributed by atoms with Crippen LogP contribution < -0.4 is 10.9 Å². The van der Waals surface area contributed by atoms with Crippen molar-refractivity contribution in [3.63, 3.8) is 0 Å². The molecule has 0 spiro atoms. The molecule has 21 heavy (non-hydrogen) atoms. The molecule has 0 saturated heterocycles. The minimum Gasteiger partial charge on any atom is -0.294 e. The normalized spacial score (nSPS) is 18.3. The Morgan fingerprint density at radius 3 is 2.57 bits per heavy atom. The lowest BCUT2D eigenvalue weighted by atomic mass is 9.86. The second-order valence-electron chi connectivity index (χ2n) is 4.64. The summed E-state index contributed by atoms with van der Waals surface area (Å²) in [7, 11) is 0. The molecule has 108 valence electrons. The third kappa shape index (κ3) is 3.09. The summed E-state index contributed by atoms with van der Waals surface area (Å²) in [6, 6.07) is 8.66. The fraction of sp³-hybridized carbons (Fsp3) is 0.214. The summed E-state index contributed by atoms with van der Waals surface area (Å²) in [6.07, 6.45) is 0.0396. The first-order valence-corrected chi connectivity index (χ1v) is 6.74. The number of carbonyl (C=O) groups excluding carboxylic acids is 2. The Hall–Kier alpha value is -2.25. The van der Waals surface area contributed by atoms with E-state index in [1.807, 2.05) is 0 Å². The molecule has 0 bridgehead atoms. The van der Waals surface area contributed by atoms with E-state index < -0.39 is 11.8 Å². The zero-order chi connectivity index (χ0) is 15.4. The molecule has 1 aromatic carbocycles. The summed E-state index contributed by atoms with van der Waals surface area (Å²) in [5.41, 5.74) is 0.647. The average molecular weight is 303 g/mol. The molecule has 0 radical (unpaired) electrons. The van der Waals surface area contributed by atoms with Gasteiger partial charge in [0.15, 0.2) is 5.78 Å². The maximum atomic E-state index is 12.3. The number of benzene rings is 1.